The van der Waals surface area contributed by atoms with Crippen molar-refractivity contribution in [3.05, 3.63) is 12.4 Å². The maximum absolute atomic E-state index is 4.33. The molecule has 0 bridgehead atoms. The van der Waals surface area contributed by atoms with E-state index in [4.69, 9.17) is 0 Å². The first-order valence-electron chi connectivity index (χ1n) is 6.24. The Bertz CT molecular complexity index is 351. The molecule has 0 aliphatic heterocycles. The Morgan fingerprint density at radius 1 is 1.35 bits per heavy atom. The van der Waals surface area contributed by atoms with E-state index in [0.29, 0.717) is 6.04 Å². The molecule has 0 spiro atoms. The van der Waals surface area contributed by atoms with Gasteiger partial charge in [0.15, 0.2) is 0 Å². The van der Waals surface area contributed by atoms with Gasteiger partial charge in [0.05, 0.1) is 0 Å². The van der Waals surface area contributed by atoms with Crippen LogP contribution in [0.2, 0.25) is 0 Å². The third kappa shape index (κ3) is 3.06. The van der Waals surface area contributed by atoms with Crippen LogP contribution >= 0.6 is 0 Å². The largest absolute Gasteiger partial charge is 0.369 e. The predicted molar refractivity (Wildman–Crippen MR) is 70.5 cm³/mol. The second-order valence-corrected chi connectivity index (χ2v) is 4.49. The first-order valence-corrected chi connectivity index (χ1v) is 6.24. The number of anilines is 2. The Morgan fingerprint density at radius 2 is 2.18 bits per heavy atom. The van der Waals surface area contributed by atoms with Crippen molar-refractivity contribution in [3.8, 4) is 0 Å². The number of hydrogen-bond donors (Lipinski definition) is 2. The van der Waals surface area contributed by atoms with E-state index in [9.17, 15) is 0 Å². The lowest BCUT2D eigenvalue weighted by Crippen LogP contribution is -2.37. The zero-order chi connectivity index (χ0) is 12.1. The first-order chi connectivity index (χ1) is 8.31. The highest BCUT2D eigenvalue weighted by Gasteiger charge is 2.23. The molecule has 2 rings (SSSR count). The summed E-state index contributed by atoms with van der Waals surface area (Å²) in [5, 5.41) is 6.37. The van der Waals surface area contributed by atoms with E-state index in [1.165, 1.54) is 19.3 Å². The number of nitrogens with zero attached hydrogens (tertiary/aromatic N) is 3. The van der Waals surface area contributed by atoms with Crippen molar-refractivity contribution in [1.82, 2.24) is 15.3 Å². The molecule has 5 heteroatoms. The average Bonchev–Trinajstić information content (AvgIpc) is 2.27. The summed E-state index contributed by atoms with van der Waals surface area (Å²) in [7, 11) is 4.06. The molecule has 1 saturated carbocycles. The summed E-state index contributed by atoms with van der Waals surface area (Å²) in [6, 6.07) is 2.68. The van der Waals surface area contributed by atoms with Gasteiger partial charge >= 0.3 is 0 Å². The van der Waals surface area contributed by atoms with Gasteiger partial charge in [0.1, 0.15) is 18.0 Å². The molecule has 0 aromatic carbocycles. The number of rotatable bonds is 6. The monoisotopic (exact) mass is 235 g/mol. The van der Waals surface area contributed by atoms with E-state index in [-0.39, 0.29) is 0 Å². The van der Waals surface area contributed by atoms with E-state index < -0.39 is 0 Å². The Kier molecular flexibility index (Phi) is 4.14. The van der Waals surface area contributed by atoms with Gasteiger partial charge in [0, 0.05) is 32.2 Å². The summed E-state index contributed by atoms with van der Waals surface area (Å²) in [6.45, 7) is 1.80. The van der Waals surface area contributed by atoms with Gasteiger partial charge in [0.25, 0.3) is 0 Å². The van der Waals surface area contributed by atoms with Crippen LogP contribution in [-0.4, -0.2) is 43.2 Å². The van der Waals surface area contributed by atoms with Crippen LogP contribution in [0.4, 0.5) is 11.6 Å². The zero-order valence-corrected chi connectivity index (χ0v) is 10.6. The maximum Gasteiger partial charge on any atom is 0.134 e. The van der Waals surface area contributed by atoms with Gasteiger partial charge in [0.2, 0.25) is 0 Å². The molecule has 2 N–H and O–H groups in total. The van der Waals surface area contributed by atoms with Gasteiger partial charge in [-0.1, -0.05) is 0 Å². The Hall–Kier alpha value is -1.36. The smallest absolute Gasteiger partial charge is 0.134 e. The number of nitrogens with one attached hydrogen (secondary N) is 2. The molecular formula is C12H21N5. The van der Waals surface area contributed by atoms with Gasteiger partial charge in [-0.05, 0) is 26.3 Å². The highest BCUT2D eigenvalue weighted by atomic mass is 15.2. The van der Waals surface area contributed by atoms with Crippen molar-refractivity contribution in [2.24, 2.45) is 0 Å². The molecule has 1 aromatic heterocycles. The molecule has 1 fully saturated rings. The fraction of sp³-hybridized carbons (Fsp3) is 0.667. The fourth-order valence-corrected chi connectivity index (χ4v) is 1.91. The molecule has 0 amide bonds. The Labute approximate surface area is 103 Å². The number of aromatic nitrogens is 2. The lowest BCUT2D eigenvalue weighted by atomic mass is 9.92. The average molecular weight is 235 g/mol. The van der Waals surface area contributed by atoms with Crippen LogP contribution in [0, 0.1) is 0 Å². The standard InChI is InChI=1S/C12H21N5/c1-13-6-7-14-11-8-12(16-9-15-11)17(2)10-4-3-5-10/h8-10,13H,3-7H2,1-2H3,(H,14,15,16). The van der Waals surface area contributed by atoms with Crippen LogP contribution in [0.15, 0.2) is 12.4 Å². The molecule has 0 saturated heterocycles. The van der Waals surface area contributed by atoms with Gasteiger partial charge in [-0.15, -0.1) is 0 Å². The predicted octanol–water partition coefficient (Wildman–Crippen LogP) is 1.10. The van der Waals surface area contributed by atoms with Crippen molar-refractivity contribution in [1.29, 1.82) is 0 Å². The Balaban J connectivity index is 1.95. The minimum atomic E-state index is 0.662. The summed E-state index contributed by atoms with van der Waals surface area (Å²) in [6.07, 6.45) is 5.53. The van der Waals surface area contributed by atoms with Gasteiger partial charge in [-0.3, -0.25) is 0 Å². The molecule has 1 aromatic rings. The zero-order valence-electron chi connectivity index (χ0n) is 10.6. The second-order valence-electron chi connectivity index (χ2n) is 4.49. The minimum Gasteiger partial charge on any atom is -0.369 e. The second kappa shape index (κ2) is 5.82. The highest BCUT2D eigenvalue weighted by Crippen LogP contribution is 2.27. The Morgan fingerprint density at radius 3 is 2.82 bits per heavy atom. The van der Waals surface area contributed by atoms with E-state index in [1.807, 2.05) is 13.1 Å². The molecule has 1 aliphatic carbocycles. The third-order valence-electron chi connectivity index (χ3n) is 3.32. The molecule has 94 valence electrons. The normalized spacial score (nSPS) is 15.4. The third-order valence-corrected chi connectivity index (χ3v) is 3.32. The molecule has 0 radical (unpaired) electrons. The van der Waals surface area contributed by atoms with Crippen LogP contribution in [-0.2, 0) is 0 Å². The summed E-state index contributed by atoms with van der Waals surface area (Å²) in [4.78, 5) is 10.8. The van der Waals surface area contributed by atoms with E-state index in [1.54, 1.807) is 6.33 Å². The van der Waals surface area contributed by atoms with Crippen molar-refractivity contribution < 1.29 is 0 Å². The van der Waals surface area contributed by atoms with Crippen molar-refractivity contribution in [2.75, 3.05) is 37.4 Å². The lowest BCUT2D eigenvalue weighted by molar-refractivity contribution is 0.399. The lowest BCUT2D eigenvalue weighted by Gasteiger charge is -2.35. The van der Waals surface area contributed by atoms with Crippen molar-refractivity contribution >= 4 is 11.6 Å². The number of hydrogen-bond acceptors (Lipinski definition) is 5. The highest BCUT2D eigenvalue weighted by molar-refractivity contribution is 5.48. The van der Waals surface area contributed by atoms with Crippen LogP contribution in [0.3, 0.4) is 0 Å². The molecule has 0 atom stereocenters. The quantitative estimate of drug-likeness (QED) is 0.723. The van der Waals surface area contributed by atoms with Crippen LogP contribution in [0.5, 0.6) is 0 Å². The van der Waals surface area contributed by atoms with Gasteiger partial charge < -0.3 is 15.5 Å². The van der Waals surface area contributed by atoms with Gasteiger partial charge in [-0.2, -0.15) is 0 Å². The molecule has 1 aliphatic rings. The minimum absolute atomic E-state index is 0.662. The summed E-state index contributed by atoms with van der Waals surface area (Å²) in [5.74, 6) is 1.91. The van der Waals surface area contributed by atoms with Crippen molar-refractivity contribution in [3.63, 3.8) is 0 Å². The first kappa shape index (κ1) is 12.1. The molecular weight excluding hydrogens is 214 g/mol. The van der Waals surface area contributed by atoms with Crippen LogP contribution < -0.4 is 15.5 Å². The summed E-state index contributed by atoms with van der Waals surface area (Å²) >= 11 is 0. The molecule has 17 heavy (non-hydrogen) atoms. The van der Waals surface area contributed by atoms with Crippen LogP contribution in [0.1, 0.15) is 19.3 Å². The van der Waals surface area contributed by atoms with E-state index in [0.717, 1.165) is 24.7 Å². The van der Waals surface area contributed by atoms with Crippen LogP contribution in [0.25, 0.3) is 0 Å². The SMILES string of the molecule is CNCCNc1cc(N(C)C2CCC2)ncn1. The molecule has 5 nitrogen and oxygen atoms in total. The van der Waals surface area contributed by atoms with E-state index in [2.05, 4.69) is 32.5 Å². The summed E-state index contributed by atoms with van der Waals surface area (Å²) < 4.78 is 0. The van der Waals surface area contributed by atoms with E-state index >= 15 is 0 Å². The maximum atomic E-state index is 4.33. The summed E-state index contributed by atoms with van der Waals surface area (Å²) in [5.41, 5.74) is 0. The molecule has 1 heterocycles. The molecule has 0 unspecified atom stereocenters. The number of likely N-dealkylation sites (N-methyl/N-ethyl adjacent to an activating group) is 1. The van der Waals surface area contributed by atoms with Gasteiger partial charge in [-0.25, -0.2) is 9.97 Å². The van der Waals surface area contributed by atoms with Crippen molar-refractivity contribution in [2.45, 2.75) is 25.3 Å². The topological polar surface area (TPSA) is 53.1 Å². The fourth-order valence-electron chi connectivity index (χ4n) is 1.91.